The van der Waals surface area contributed by atoms with Crippen LogP contribution in [0.2, 0.25) is 0 Å². The highest BCUT2D eigenvalue weighted by Crippen LogP contribution is 2.16. The maximum Gasteiger partial charge on any atom is 0.0575 e. The quantitative estimate of drug-likeness (QED) is 0.681. The summed E-state index contributed by atoms with van der Waals surface area (Å²) in [6.07, 6.45) is 0.848. The predicted octanol–water partition coefficient (Wildman–Crippen LogP) is 3.19. The van der Waals surface area contributed by atoms with E-state index in [1.807, 2.05) is 42.5 Å². The molecular formula is C13H12N. The summed E-state index contributed by atoms with van der Waals surface area (Å²) in [5.74, 6) is 0. The molecule has 2 rings (SSSR count). The second-order valence-corrected chi connectivity index (χ2v) is 3.32. The SMILES string of the molecule is [NH]c1ccccc1Cc1ccccc1. The van der Waals surface area contributed by atoms with Gasteiger partial charge >= 0.3 is 0 Å². The molecule has 0 aliphatic carbocycles. The fourth-order valence-electron chi connectivity index (χ4n) is 1.49. The lowest BCUT2D eigenvalue weighted by atomic mass is 10.0. The second-order valence-electron chi connectivity index (χ2n) is 3.32. The van der Waals surface area contributed by atoms with Gasteiger partial charge in [-0.25, -0.2) is 0 Å². The lowest BCUT2D eigenvalue weighted by Gasteiger charge is -2.03. The van der Waals surface area contributed by atoms with E-state index < -0.39 is 0 Å². The van der Waals surface area contributed by atoms with Crippen molar-refractivity contribution in [2.24, 2.45) is 0 Å². The molecule has 0 heterocycles. The molecule has 0 unspecified atom stereocenters. The number of rotatable bonds is 2. The molecule has 2 aromatic carbocycles. The Morgan fingerprint density at radius 3 is 2.14 bits per heavy atom. The summed E-state index contributed by atoms with van der Waals surface area (Å²) in [6, 6.07) is 18.0. The zero-order valence-corrected chi connectivity index (χ0v) is 7.90. The first-order chi connectivity index (χ1) is 6.86. The van der Waals surface area contributed by atoms with Crippen molar-refractivity contribution in [3.63, 3.8) is 0 Å². The molecule has 0 aromatic heterocycles. The Labute approximate surface area is 84.2 Å². The molecule has 1 heteroatoms. The molecule has 0 aliphatic rings. The maximum atomic E-state index is 7.72. The molecule has 0 bridgehead atoms. The molecule has 14 heavy (non-hydrogen) atoms. The zero-order valence-electron chi connectivity index (χ0n) is 7.90. The monoisotopic (exact) mass is 182 g/mol. The summed E-state index contributed by atoms with van der Waals surface area (Å²) >= 11 is 0. The third kappa shape index (κ3) is 1.94. The molecule has 0 amide bonds. The van der Waals surface area contributed by atoms with Gasteiger partial charge in [-0.2, -0.15) is 0 Å². The Balaban J connectivity index is 2.24. The predicted molar refractivity (Wildman–Crippen MR) is 58.4 cm³/mol. The van der Waals surface area contributed by atoms with Crippen LogP contribution in [0.3, 0.4) is 0 Å². The smallest absolute Gasteiger partial charge is 0.0575 e. The third-order valence-electron chi connectivity index (χ3n) is 2.25. The highest BCUT2D eigenvalue weighted by atomic mass is 14.6. The molecule has 0 fully saturated rings. The molecule has 0 atom stereocenters. The summed E-state index contributed by atoms with van der Waals surface area (Å²) in [7, 11) is 0. The van der Waals surface area contributed by atoms with Crippen LogP contribution in [0.1, 0.15) is 11.1 Å². The van der Waals surface area contributed by atoms with E-state index in [1.165, 1.54) is 5.56 Å². The maximum absolute atomic E-state index is 7.72. The standard InChI is InChI=1S/C13H12N/c14-13-9-5-4-8-12(13)10-11-6-2-1-3-7-11/h1-9,14H,10H2. The Hall–Kier alpha value is -1.76. The van der Waals surface area contributed by atoms with Gasteiger partial charge in [0.1, 0.15) is 0 Å². The van der Waals surface area contributed by atoms with Gasteiger partial charge in [0.15, 0.2) is 0 Å². The van der Waals surface area contributed by atoms with Gasteiger partial charge in [0.2, 0.25) is 0 Å². The summed E-state index contributed by atoms with van der Waals surface area (Å²) in [5.41, 5.74) is 10.7. The molecule has 2 aromatic rings. The fourth-order valence-corrected chi connectivity index (χ4v) is 1.49. The van der Waals surface area contributed by atoms with Crippen molar-refractivity contribution in [3.8, 4) is 0 Å². The minimum absolute atomic E-state index is 0.622. The largest absolute Gasteiger partial charge is 0.301 e. The minimum Gasteiger partial charge on any atom is -0.301 e. The summed E-state index contributed by atoms with van der Waals surface area (Å²) in [5, 5.41) is 0. The van der Waals surface area contributed by atoms with Gasteiger partial charge in [0.05, 0.1) is 5.69 Å². The third-order valence-corrected chi connectivity index (χ3v) is 2.25. The lowest BCUT2D eigenvalue weighted by molar-refractivity contribution is 1.18. The topological polar surface area (TPSA) is 23.8 Å². The fraction of sp³-hybridized carbons (Fsp3) is 0.0769. The molecule has 0 saturated heterocycles. The van der Waals surface area contributed by atoms with Gasteiger partial charge in [-0.3, -0.25) is 0 Å². The molecule has 1 nitrogen and oxygen atoms in total. The molecule has 1 N–H and O–H groups in total. The average Bonchev–Trinajstić information content (AvgIpc) is 2.23. The van der Waals surface area contributed by atoms with Crippen molar-refractivity contribution >= 4 is 5.69 Å². The van der Waals surface area contributed by atoms with E-state index in [-0.39, 0.29) is 0 Å². The van der Waals surface area contributed by atoms with Crippen LogP contribution in [0, 0.1) is 0 Å². The lowest BCUT2D eigenvalue weighted by Crippen LogP contribution is -1.88. The average molecular weight is 182 g/mol. The van der Waals surface area contributed by atoms with Crippen LogP contribution < -0.4 is 5.73 Å². The van der Waals surface area contributed by atoms with Gasteiger partial charge in [0, 0.05) is 0 Å². The molecule has 0 spiro atoms. The van der Waals surface area contributed by atoms with E-state index in [1.54, 1.807) is 0 Å². The van der Waals surface area contributed by atoms with Crippen LogP contribution >= 0.6 is 0 Å². The first-order valence-electron chi connectivity index (χ1n) is 4.70. The van der Waals surface area contributed by atoms with Crippen molar-refractivity contribution < 1.29 is 0 Å². The molecule has 1 radical (unpaired) electrons. The number of benzene rings is 2. The van der Waals surface area contributed by atoms with Crippen molar-refractivity contribution in [3.05, 3.63) is 65.7 Å². The highest BCUT2D eigenvalue weighted by Gasteiger charge is 1.98. The Kier molecular flexibility index (Phi) is 2.50. The van der Waals surface area contributed by atoms with Crippen molar-refractivity contribution in [1.82, 2.24) is 5.73 Å². The minimum atomic E-state index is 0.622. The normalized spacial score (nSPS) is 10.0. The first-order valence-corrected chi connectivity index (χ1v) is 4.70. The van der Waals surface area contributed by atoms with Gasteiger partial charge in [-0.1, -0.05) is 48.5 Å². The Bertz CT molecular complexity index is 407. The van der Waals surface area contributed by atoms with Crippen LogP contribution in [-0.4, -0.2) is 0 Å². The highest BCUT2D eigenvalue weighted by molar-refractivity contribution is 5.45. The van der Waals surface area contributed by atoms with Crippen LogP contribution in [-0.2, 0) is 6.42 Å². The van der Waals surface area contributed by atoms with Crippen molar-refractivity contribution in [1.29, 1.82) is 0 Å². The zero-order chi connectivity index (χ0) is 9.80. The summed E-state index contributed by atoms with van der Waals surface area (Å²) < 4.78 is 0. The van der Waals surface area contributed by atoms with Crippen LogP contribution in [0.4, 0.5) is 5.69 Å². The van der Waals surface area contributed by atoms with E-state index in [2.05, 4.69) is 12.1 Å². The summed E-state index contributed by atoms with van der Waals surface area (Å²) in [6.45, 7) is 0. The van der Waals surface area contributed by atoms with E-state index >= 15 is 0 Å². The van der Waals surface area contributed by atoms with E-state index in [9.17, 15) is 0 Å². The van der Waals surface area contributed by atoms with Crippen LogP contribution in [0.15, 0.2) is 54.6 Å². The molecule has 0 aliphatic heterocycles. The van der Waals surface area contributed by atoms with Crippen LogP contribution in [0.25, 0.3) is 0 Å². The van der Waals surface area contributed by atoms with Crippen molar-refractivity contribution in [2.75, 3.05) is 0 Å². The van der Waals surface area contributed by atoms with E-state index in [4.69, 9.17) is 5.73 Å². The summed E-state index contributed by atoms with van der Waals surface area (Å²) in [4.78, 5) is 0. The van der Waals surface area contributed by atoms with Crippen LogP contribution in [0.5, 0.6) is 0 Å². The van der Waals surface area contributed by atoms with Crippen molar-refractivity contribution in [2.45, 2.75) is 6.42 Å². The number of hydrogen-bond acceptors (Lipinski definition) is 0. The van der Waals surface area contributed by atoms with Gasteiger partial charge in [-0.15, -0.1) is 0 Å². The Morgan fingerprint density at radius 2 is 1.43 bits per heavy atom. The number of nitrogens with one attached hydrogen (secondary N) is 1. The molecule has 69 valence electrons. The first kappa shape index (κ1) is 8.82. The Morgan fingerprint density at radius 1 is 0.786 bits per heavy atom. The van der Waals surface area contributed by atoms with Gasteiger partial charge in [0.25, 0.3) is 0 Å². The molecule has 0 saturated carbocycles. The number of hydrogen-bond donors (Lipinski definition) is 0. The van der Waals surface area contributed by atoms with E-state index in [0.29, 0.717) is 5.69 Å². The second kappa shape index (κ2) is 3.97. The van der Waals surface area contributed by atoms with Gasteiger partial charge in [-0.05, 0) is 23.6 Å². The van der Waals surface area contributed by atoms with E-state index in [0.717, 1.165) is 12.0 Å². The van der Waals surface area contributed by atoms with Gasteiger partial charge < -0.3 is 5.73 Å². The molecular weight excluding hydrogens is 170 g/mol.